The van der Waals surface area contributed by atoms with Crippen LogP contribution in [0.4, 0.5) is 0 Å². The van der Waals surface area contributed by atoms with Crippen molar-refractivity contribution in [3.63, 3.8) is 0 Å². The van der Waals surface area contributed by atoms with Crippen LogP contribution in [0.15, 0.2) is 17.3 Å². The number of hydrogen-bond donors (Lipinski definition) is 1. The third-order valence-corrected chi connectivity index (χ3v) is 12.6. The van der Waals surface area contributed by atoms with Crippen LogP contribution in [0.2, 0.25) is 0 Å². The van der Waals surface area contributed by atoms with Gasteiger partial charge >= 0.3 is 0 Å². The molecule has 0 radical (unpaired) electrons. The number of aryl methyl sites for hydroxylation is 1. The minimum absolute atomic E-state index is 0.0679. The summed E-state index contributed by atoms with van der Waals surface area (Å²) in [5.74, 6) is 4.78. The highest BCUT2D eigenvalue weighted by molar-refractivity contribution is 5.29. The molecule has 36 heavy (non-hydrogen) atoms. The van der Waals surface area contributed by atoms with Crippen molar-refractivity contribution in [2.75, 3.05) is 6.54 Å². The average molecular weight is 493 g/mol. The highest BCUT2D eigenvalue weighted by atomic mass is 16.5. The van der Waals surface area contributed by atoms with Crippen molar-refractivity contribution < 1.29 is 4.74 Å². The highest BCUT2D eigenvalue weighted by Gasteiger charge is 2.59. The van der Waals surface area contributed by atoms with Gasteiger partial charge in [-0.25, -0.2) is 4.68 Å². The highest BCUT2D eigenvalue weighted by Crippen LogP contribution is 2.66. The molecule has 2 aliphatic heterocycles. The number of nitrogens with zero attached hydrogens (tertiary/aromatic N) is 3. The average Bonchev–Trinajstić information content (AvgIpc) is 3.49. The number of nitrogens with one attached hydrogen (secondary N) is 1. The minimum atomic E-state index is 0.0679. The Balaban J connectivity index is 1.12. The van der Waals surface area contributed by atoms with Gasteiger partial charge < -0.3 is 10.1 Å². The van der Waals surface area contributed by atoms with Crippen LogP contribution in [0.25, 0.3) is 0 Å². The van der Waals surface area contributed by atoms with Gasteiger partial charge in [-0.3, -0.25) is 0 Å². The summed E-state index contributed by atoms with van der Waals surface area (Å²) in [6, 6.07) is 1.11. The zero-order valence-corrected chi connectivity index (χ0v) is 23.3. The molecule has 7 rings (SSSR count). The lowest BCUT2D eigenvalue weighted by Crippen LogP contribution is -2.48. The van der Waals surface area contributed by atoms with Crippen molar-refractivity contribution in [1.29, 1.82) is 0 Å². The van der Waals surface area contributed by atoms with E-state index in [-0.39, 0.29) is 5.60 Å². The molecule has 0 aromatic carbocycles. The quantitative estimate of drug-likeness (QED) is 0.471. The van der Waals surface area contributed by atoms with Crippen LogP contribution in [0.3, 0.4) is 0 Å². The molecule has 198 valence electrons. The molecular formula is C31H48N4O. The molecule has 1 aromatic heterocycles. The number of aromatic nitrogens is 3. The van der Waals surface area contributed by atoms with Gasteiger partial charge in [0.1, 0.15) is 0 Å². The molecule has 0 unspecified atom stereocenters. The van der Waals surface area contributed by atoms with E-state index < -0.39 is 0 Å². The summed E-state index contributed by atoms with van der Waals surface area (Å²) < 4.78 is 9.26. The Morgan fingerprint density at radius 3 is 2.75 bits per heavy atom. The van der Waals surface area contributed by atoms with Crippen LogP contribution < -0.4 is 5.32 Å². The fourth-order valence-electron chi connectivity index (χ4n) is 10.6. The summed E-state index contributed by atoms with van der Waals surface area (Å²) in [6.45, 7) is 13.3. The number of hydrogen-bond acceptors (Lipinski definition) is 4. The van der Waals surface area contributed by atoms with Crippen LogP contribution in [-0.2, 0) is 4.74 Å². The van der Waals surface area contributed by atoms with Crippen molar-refractivity contribution >= 4 is 0 Å². The molecule has 6 aliphatic rings. The smallest absolute Gasteiger partial charge is 0.0796 e. The fourth-order valence-corrected chi connectivity index (χ4v) is 10.6. The van der Waals surface area contributed by atoms with E-state index in [1.807, 2.05) is 5.57 Å². The zero-order chi connectivity index (χ0) is 24.8. The molecule has 4 aliphatic carbocycles. The normalized spacial score (nSPS) is 50.4. The Bertz CT molecular complexity index is 1050. The molecule has 5 heteroatoms. The van der Waals surface area contributed by atoms with Gasteiger partial charge in [-0.15, -0.1) is 5.10 Å². The predicted octanol–water partition coefficient (Wildman–Crippen LogP) is 6.25. The van der Waals surface area contributed by atoms with E-state index in [0.717, 1.165) is 41.8 Å². The van der Waals surface area contributed by atoms with Gasteiger partial charge in [-0.2, -0.15) is 0 Å². The third kappa shape index (κ3) is 3.47. The van der Waals surface area contributed by atoms with Gasteiger partial charge in [0.2, 0.25) is 0 Å². The number of piperidine rings is 1. The number of allylic oxidation sites excluding steroid dienone is 1. The van der Waals surface area contributed by atoms with E-state index in [4.69, 9.17) is 4.74 Å². The number of ether oxygens (including phenoxy) is 1. The molecule has 5 fully saturated rings. The lowest BCUT2D eigenvalue weighted by molar-refractivity contribution is -0.0753. The number of fused-ring (bicyclic) bond motifs is 6. The second-order valence-electron chi connectivity index (χ2n) is 14.4. The van der Waals surface area contributed by atoms with Crippen molar-refractivity contribution in [2.24, 2.45) is 40.9 Å². The van der Waals surface area contributed by atoms with Gasteiger partial charge in [0, 0.05) is 18.2 Å². The first kappa shape index (κ1) is 23.9. The van der Waals surface area contributed by atoms with Gasteiger partial charge in [-0.1, -0.05) is 37.1 Å². The zero-order valence-electron chi connectivity index (χ0n) is 23.3. The first-order chi connectivity index (χ1) is 17.3. The summed E-state index contributed by atoms with van der Waals surface area (Å²) in [4.78, 5) is 0. The Morgan fingerprint density at radius 1 is 1.08 bits per heavy atom. The molecule has 1 N–H and O–H groups in total. The standard InChI is InChI=1S/C31H48N4O/c1-18-12-28-29(32-16-18)21(4)31(36-28)11-9-24-25-7-6-22-13-23(35-17-20(3)33-34-35)8-10-30(22,5)27(25)14-26(24)19(2)15-31/h17-18,21-25,27-29,32H,6-16H2,1-5H3/t18-,21+,22+,23-,24-,25-,27-,28+,29-,30-,31-/m0/s1. The van der Waals surface area contributed by atoms with E-state index in [2.05, 4.69) is 61.1 Å². The molecule has 1 spiro atoms. The Hall–Kier alpha value is -1.20. The molecule has 2 saturated heterocycles. The van der Waals surface area contributed by atoms with Gasteiger partial charge in [0.15, 0.2) is 0 Å². The Kier molecular flexibility index (Phi) is 5.57. The van der Waals surface area contributed by atoms with Crippen LogP contribution in [-0.4, -0.2) is 39.3 Å². The predicted molar refractivity (Wildman–Crippen MR) is 142 cm³/mol. The molecule has 5 nitrogen and oxygen atoms in total. The first-order valence-electron chi connectivity index (χ1n) is 15.3. The summed E-state index contributed by atoms with van der Waals surface area (Å²) in [5, 5.41) is 12.6. The molecule has 3 saturated carbocycles. The maximum Gasteiger partial charge on any atom is 0.0796 e. The summed E-state index contributed by atoms with van der Waals surface area (Å²) >= 11 is 0. The largest absolute Gasteiger partial charge is 0.369 e. The molecule has 11 atom stereocenters. The monoisotopic (exact) mass is 492 g/mol. The van der Waals surface area contributed by atoms with Crippen molar-refractivity contribution in [3.8, 4) is 0 Å². The summed E-state index contributed by atoms with van der Waals surface area (Å²) in [5.41, 5.74) is 5.19. The lowest BCUT2D eigenvalue weighted by Gasteiger charge is -2.54. The summed E-state index contributed by atoms with van der Waals surface area (Å²) in [7, 11) is 0. The van der Waals surface area contributed by atoms with E-state index in [9.17, 15) is 0 Å². The van der Waals surface area contributed by atoms with E-state index >= 15 is 0 Å². The third-order valence-electron chi connectivity index (χ3n) is 12.6. The SMILES string of the molecule is CC1=C2C[C@H]3[C@@H](CC[C@@H]4C[C@@H](n5cc(C)nn5)CC[C@@]43C)[C@@H]2CC[C@@]2(C1)O[C@@H]1C[C@H](C)CN[C@H]1[C@H]2C. The van der Waals surface area contributed by atoms with Crippen LogP contribution in [0.1, 0.15) is 104 Å². The second-order valence-corrected chi connectivity index (χ2v) is 14.4. The summed E-state index contributed by atoms with van der Waals surface area (Å²) in [6.07, 6.45) is 15.8. The van der Waals surface area contributed by atoms with Gasteiger partial charge in [0.25, 0.3) is 0 Å². The Labute approximate surface area is 218 Å². The van der Waals surface area contributed by atoms with Gasteiger partial charge in [0.05, 0.1) is 23.4 Å². The molecule has 0 amide bonds. The van der Waals surface area contributed by atoms with E-state index in [0.29, 0.717) is 29.5 Å². The van der Waals surface area contributed by atoms with Crippen molar-refractivity contribution in [2.45, 2.75) is 123 Å². The first-order valence-corrected chi connectivity index (χ1v) is 15.3. The lowest BCUT2D eigenvalue weighted by atomic mass is 9.52. The van der Waals surface area contributed by atoms with E-state index in [1.165, 1.54) is 64.2 Å². The second kappa shape index (κ2) is 8.40. The molecule has 0 bridgehead atoms. The van der Waals surface area contributed by atoms with Crippen molar-refractivity contribution in [3.05, 3.63) is 23.0 Å². The van der Waals surface area contributed by atoms with Gasteiger partial charge in [-0.05, 0) is 120 Å². The molecular weight excluding hydrogens is 444 g/mol. The van der Waals surface area contributed by atoms with E-state index in [1.54, 1.807) is 5.57 Å². The van der Waals surface area contributed by atoms with Crippen molar-refractivity contribution in [1.82, 2.24) is 20.3 Å². The van der Waals surface area contributed by atoms with Crippen LogP contribution in [0.5, 0.6) is 0 Å². The van der Waals surface area contributed by atoms with Crippen LogP contribution in [0, 0.1) is 47.8 Å². The maximum absolute atomic E-state index is 7.08. The minimum Gasteiger partial charge on any atom is -0.369 e. The molecule has 3 heterocycles. The topological polar surface area (TPSA) is 52.0 Å². The fraction of sp³-hybridized carbons (Fsp3) is 0.871. The van der Waals surface area contributed by atoms with Crippen LogP contribution >= 0.6 is 0 Å². The molecule has 1 aromatic rings. The maximum atomic E-state index is 7.08. The number of rotatable bonds is 1. The Morgan fingerprint density at radius 2 is 1.94 bits per heavy atom.